The molecular formula is C22H22F3N3O. The second kappa shape index (κ2) is 8.76. The lowest BCUT2D eigenvalue weighted by molar-refractivity contribution is -0.138. The van der Waals surface area contributed by atoms with Crippen LogP contribution in [-0.4, -0.2) is 53.8 Å². The van der Waals surface area contributed by atoms with Gasteiger partial charge in [0, 0.05) is 62.7 Å². The number of halogens is 3. The highest BCUT2D eigenvalue weighted by Crippen LogP contribution is 2.33. The van der Waals surface area contributed by atoms with Crippen LogP contribution in [0.3, 0.4) is 0 Å². The van der Waals surface area contributed by atoms with E-state index < -0.39 is 17.5 Å². The zero-order valence-electron chi connectivity index (χ0n) is 16.2. The number of likely N-dealkylation sites (N-methyl/N-ethyl adjacent to an activating group) is 1. The van der Waals surface area contributed by atoms with Crippen molar-refractivity contribution in [3.8, 4) is 12.3 Å². The molecule has 7 heteroatoms. The van der Waals surface area contributed by atoms with Crippen LogP contribution in [0.4, 0.5) is 13.2 Å². The van der Waals surface area contributed by atoms with Gasteiger partial charge in [0.1, 0.15) is 0 Å². The van der Waals surface area contributed by atoms with E-state index in [4.69, 9.17) is 6.42 Å². The Kier molecular flexibility index (Phi) is 6.36. The summed E-state index contributed by atoms with van der Waals surface area (Å²) < 4.78 is 41.0. The minimum atomic E-state index is -4.52. The normalized spacial score (nSPS) is 15.8. The summed E-state index contributed by atoms with van der Waals surface area (Å²) in [5.41, 5.74) is 0.562. The van der Waals surface area contributed by atoms with Crippen LogP contribution in [0.25, 0.3) is 0 Å². The highest BCUT2D eigenvalue weighted by atomic mass is 19.4. The molecule has 152 valence electrons. The fraction of sp³-hybridized carbons (Fsp3) is 0.364. The van der Waals surface area contributed by atoms with Gasteiger partial charge in [0.25, 0.3) is 0 Å². The number of piperazine rings is 1. The number of aromatic nitrogens is 1. The number of ketones is 1. The van der Waals surface area contributed by atoms with Gasteiger partial charge in [-0.3, -0.25) is 14.7 Å². The Bertz CT molecular complexity index is 926. The van der Waals surface area contributed by atoms with Crippen LogP contribution in [0.15, 0.2) is 36.7 Å². The Hall–Kier alpha value is -2.69. The molecule has 0 N–H and O–H groups in total. The monoisotopic (exact) mass is 401 g/mol. The Labute approximate surface area is 168 Å². The third kappa shape index (κ3) is 5.43. The van der Waals surface area contributed by atoms with Crippen molar-refractivity contribution in [2.75, 3.05) is 33.2 Å². The van der Waals surface area contributed by atoms with Crippen LogP contribution in [-0.2, 0) is 19.1 Å². The van der Waals surface area contributed by atoms with Gasteiger partial charge in [-0.25, -0.2) is 0 Å². The Balaban J connectivity index is 1.81. The van der Waals surface area contributed by atoms with Crippen LogP contribution >= 0.6 is 0 Å². The van der Waals surface area contributed by atoms with Crippen LogP contribution in [0.5, 0.6) is 0 Å². The highest BCUT2D eigenvalue weighted by molar-refractivity contribution is 5.97. The SMILES string of the molecule is C#Cc1cncc(CC(=O)c2ccc(CN3CCN(C)CC3)c(C(F)(F)F)c2)c1. The van der Waals surface area contributed by atoms with Crippen molar-refractivity contribution in [1.82, 2.24) is 14.8 Å². The number of hydrogen-bond acceptors (Lipinski definition) is 4. The molecule has 1 aliphatic heterocycles. The molecule has 0 aliphatic carbocycles. The molecule has 4 nitrogen and oxygen atoms in total. The topological polar surface area (TPSA) is 36.4 Å². The average Bonchev–Trinajstić information content (AvgIpc) is 2.69. The molecule has 0 bridgehead atoms. The van der Waals surface area contributed by atoms with E-state index in [1.54, 1.807) is 6.07 Å². The molecule has 1 aromatic carbocycles. The Morgan fingerprint density at radius 3 is 2.55 bits per heavy atom. The van der Waals surface area contributed by atoms with E-state index in [0.717, 1.165) is 19.2 Å². The van der Waals surface area contributed by atoms with Crippen molar-refractivity contribution in [2.24, 2.45) is 0 Å². The van der Waals surface area contributed by atoms with E-state index >= 15 is 0 Å². The lowest BCUT2D eigenvalue weighted by Gasteiger charge is -2.33. The molecule has 1 aliphatic rings. The van der Waals surface area contributed by atoms with Crippen molar-refractivity contribution in [1.29, 1.82) is 0 Å². The fourth-order valence-corrected chi connectivity index (χ4v) is 3.35. The van der Waals surface area contributed by atoms with E-state index in [2.05, 4.69) is 15.8 Å². The predicted octanol–water partition coefficient (Wildman–Crippen LogP) is 3.25. The first-order valence-corrected chi connectivity index (χ1v) is 9.31. The maximum absolute atomic E-state index is 13.7. The number of alkyl halides is 3. The van der Waals surface area contributed by atoms with Gasteiger partial charge in [-0.2, -0.15) is 13.2 Å². The molecule has 0 atom stereocenters. The van der Waals surface area contributed by atoms with E-state index in [0.29, 0.717) is 24.2 Å². The number of nitrogens with zero attached hydrogens (tertiary/aromatic N) is 3. The molecule has 0 unspecified atom stereocenters. The van der Waals surface area contributed by atoms with Gasteiger partial charge in [-0.15, -0.1) is 6.42 Å². The molecule has 1 aromatic heterocycles. The van der Waals surface area contributed by atoms with Gasteiger partial charge in [-0.1, -0.05) is 18.1 Å². The molecule has 29 heavy (non-hydrogen) atoms. The largest absolute Gasteiger partial charge is 0.416 e. The quantitative estimate of drug-likeness (QED) is 0.569. The molecule has 2 heterocycles. The molecule has 3 rings (SSSR count). The predicted molar refractivity (Wildman–Crippen MR) is 104 cm³/mol. The zero-order chi connectivity index (χ0) is 21.0. The Morgan fingerprint density at radius 2 is 1.90 bits per heavy atom. The van der Waals surface area contributed by atoms with E-state index in [-0.39, 0.29) is 24.1 Å². The number of pyridine rings is 1. The second-order valence-corrected chi connectivity index (χ2v) is 7.28. The lowest BCUT2D eigenvalue weighted by Crippen LogP contribution is -2.44. The first-order valence-electron chi connectivity index (χ1n) is 9.31. The summed E-state index contributed by atoms with van der Waals surface area (Å²) in [4.78, 5) is 20.7. The summed E-state index contributed by atoms with van der Waals surface area (Å²) in [5.74, 6) is 2.02. The minimum absolute atomic E-state index is 0.0329. The number of terminal acetylenes is 1. The van der Waals surface area contributed by atoms with Crippen molar-refractivity contribution in [2.45, 2.75) is 19.1 Å². The van der Waals surface area contributed by atoms with Gasteiger partial charge >= 0.3 is 6.18 Å². The van der Waals surface area contributed by atoms with Crippen molar-refractivity contribution < 1.29 is 18.0 Å². The number of carbonyl (C=O) groups excluding carboxylic acids is 1. The standard InChI is InChI=1S/C22H22F3N3O/c1-3-16-10-17(14-26-13-16)11-21(29)18-4-5-19(20(12-18)22(23,24)25)15-28-8-6-27(2)7-9-28/h1,4-5,10,12-14H,6-9,11,15H2,2H3. The van der Waals surface area contributed by atoms with Crippen LogP contribution in [0.1, 0.15) is 32.6 Å². The summed E-state index contributed by atoms with van der Waals surface area (Å²) in [7, 11) is 1.99. The maximum Gasteiger partial charge on any atom is 0.416 e. The summed E-state index contributed by atoms with van der Waals surface area (Å²) in [6, 6.07) is 5.50. The van der Waals surface area contributed by atoms with Crippen molar-refractivity contribution >= 4 is 5.78 Å². The van der Waals surface area contributed by atoms with Crippen molar-refractivity contribution in [3.63, 3.8) is 0 Å². The molecule has 0 saturated carbocycles. The summed E-state index contributed by atoms with van der Waals surface area (Å²) in [6.45, 7) is 3.29. The molecule has 1 saturated heterocycles. The van der Waals surface area contributed by atoms with Gasteiger partial charge in [0.15, 0.2) is 5.78 Å². The Morgan fingerprint density at radius 1 is 1.17 bits per heavy atom. The van der Waals surface area contributed by atoms with Gasteiger partial charge < -0.3 is 4.90 Å². The minimum Gasteiger partial charge on any atom is -0.304 e. The third-order valence-corrected chi connectivity index (χ3v) is 5.05. The number of carbonyl (C=O) groups is 1. The third-order valence-electron chi connectivity index (χ3n) is 5.05. The number of hydrogen-bond donors (Lipinski definition) is 0. The average molecular weight is 401 g/mol. The molecule has 0 spiro atoms. The maximum atomic E-state index is 13.7. The van der Waals surface area contributed by atoms with Crippen molar-refractivity contribution in [3.05, 3.63) is 64.5 Å². The van der Waals surface area contributed by atoms with E-state index in [1.807, 2.05) is 11.9 Å². The van der Waals surface area contributed by atoms with Crippen LogP contribution in [0.2, 0.25) is 0 Å². The number of rotatable bonds is 5. The number of Topliss-reactive ketones (excluding diaryl/α,β-unsaturated/α-hetero) is 1. The van der Waals surface area contributed by atoms with Gasteiger partial charge in [0.2, 0.25) is 0 Å². The van der Waals surface area contributed by atoms with Crippen LogP contribution < -0.4 is 0 Å². The first kappa shape index (κ1) is 21.0. The molecule has 1 fully saturated rings. The molecular weight excluding hydrogens is 379 g/mol. The van der Waals surface area contributed by atoms with E-state index in [1.165, 1.54) is 24.5 Å². The smallest absolute Gasteiger partial charge is 0.304 e. The zero-order valence-corrected chi connectivity index (χ0v) is 16.2. The molecule has 0 amide bonds. The van der Waals surface area contributed by atoms with Gasteiger partial charge in [-0.05, 0) is 30.3 Å². The van der Waals surface area contributed by atoms with E-state index in [9.17, 15) is 18.0 Å². The lowest BCUT2D eigenvalue weighted by atomic mass is 9.97. The summed E-state index contributed by atoms with van der Waals surface area (Å²) in [6.07, 6.45) is 3.72. The highest BCUT2D eigenvalue weighted by Gasteiger charge is 2.34. The summed E-state index contributed by atoms with van der Waals surface area (Å²) in [5, 5.41) is 0. The molecule has 2 aromatic rings. The number of benzene rings is 1. The fourth-order valence-electron chi connectivity index (χ4n) is 3.35. The first-order chi connectivity index (χ1) is 13.8. The summed E-state index contributed by atoms with van der Waals surface area (Å²) >= 11 is 0. The molecule has 0 radical (unpaired) electrons. The second-order valence-electron chi connectivity index (χ2n) is 7.28. The van der Waals surface area contributed by atoms with Gasteiger partial charge in [0.05, 0.1) is 5.56 Å². The van der Waals surface area contributed by atoms with Crippen LogP contribution in [0, 0.1) is 12.3 Å².